The minimum atomic E-state index is -4.25. The first kappa shape index (κ1) is 19.6. The number of halogens is 2. The first-order chi connectivity index (χ1) is 11.6. The lowest BCUT2D eigenvalue weighted by molar-refractivity contribution is -0.137. The predicted octanol–water partition coefficient (Wildman–Crippen LogP) is 4.28. The number of nitrogens with zero attached hydrogens (tertiary/aromatic N) is 1. The molecule has 0 aliphatic heterocycles. The number of hydrogen-bond donors (Lipinski definition) is 1. The van der Waals surface area contributed by atoms with Gasteiger partial charge in [0.1, 0.15) is 10.9 Å². The van der Waals surface area contributed by atoms with Crippen LogP contribution in [0.3, 0.4) is 0 Å². The Morgan fingerprint density at radius 2 is 1.80 bits per heavy atom. The van der Waals surface area contributed by atoms with Gasteiger partial charge in [-0.2, -0.15) is 0 Å². The second-order valence-electron chi connectivity index (χ2n) is 5.61. The van der Waals surface area contributed by atoms with Crippen molar-refractivity contribution in [1.29, 1.82) is 0 Å². The number of carbonyl (C=O) groups is 1. The van der Waals surface area contributed by atoms with E-state index in [1.165, 1.54) is 25.1 Å². The summed E-state index contributed by atoms with van der Waals surface area (Å²) in [6.07, 6.45) is 0. The van der Waals surface area contributed by atoms with E-state index in [1.807, 2.05) is 13.0 Å². The zero-order chi connectivity index (χ0) is 18.9. The molecule has 0 fully saturated rings. The molecule has 1 unspecified atom stereocenters. The average Bonchev–Trinajstić information content (AvgIpc) is 2.53. The lowest BCUT2D eigenvalue weighted by Crippen LogP contribution is -2.44. The van der Waals surface area contributed by atoms with Crippen LogP contribution in [0.2, 0.25) is 10.0 Å². The molecule has 0 spiro atoms. The molecule has 2 rings (SSSR count). The van der Waals surface area contributed by atoms with Gasteiger partial charge in [-0.05, 0) is 56.2 Å². The maximum Gasteiger partial charge on any atom is 0.327 e. The van der Waals surface area contributed by atoms with Crippen LogP contribution in [0.5, 0.6) is 0 Å². The van der Waals surface area contributed by atoms with Gasteiger partial charge < -0.3 is 5.11 Å². The van der Waals surface area contributed by atoms with Gasteiger partial charge in [0.15, 0.2) is 0 Å². The van der Waals surface area contributed by atoms with Crippen molar-refractivity contribution in [3.05, 3.63) is 57.6 Å². The molecule has 0 heterocycles. The van der Waals surface area contributed by atoms with Crippen molar-refractivity contribution < 1.29 is 18.3 Å². The van der Waals surface area contributed by atoms with Gasteiger partial charge >= 0.3 is 5.97 Å². The molecule has 1 atom stereocenters. The van der Waals surface area contributed by atoms with Gasteiger partial charge in [0, 0.05) is 5.02 Å². The topological polar surface area (TPSA) is 74.7 Å². The number of hydrogen-bond acceptors (Lipinski definition) is 3. The van der Waals surface area contributed by atoms with Crippen LogP contribution in [-0.2, 0) is 14.8 Å². The fourth-order valence-corrected chi connectivity index (χ4v) is 4.81. The molecule has 1 N–H and O–H groups in total. The number of benzene rings is 2. The quantitative estimate of drug-likeness (QED) is 0.810. The van der Waals surface area contributed by atoms with E-state index in [-0.39, 0.29) is 20.6 Å². The van der Waals surface area contributed by atoms with Crippen molar-refractivity contribution in [2.45, 2.75) is 31.7 Å². The first-order valence-corrected chi connectivity index (χ1v) is 9.55. The Balaban J connectivity index is 2.77. The zero-order valence-corrected chi connectivity index (χ0v) is 16.2. The van der Waals surface area contributed by atoms with Gasteiger partial charge in [-0.15, -0.1) is 0 Å². The van der Waals surface area contributed by atoms with E-state index in [1.54, 1.807) is 19.1 Å². The summed E-state index contributed by atoms with van der Waals surface area (Å²) in [5.41, 5.74) is 1.79. The fourth-order valence-electron chi connectivity index (χ4n) is 2.40. The van der Waals surface area contributed by atoms with E-state index in [9.17, 15) is 18.3 Å². The summed E-state index contributed by atoms with van der Waals surface area (Å²) in [4.78, 5) is 11.3. The summed E-state index contributed by atoms with van der Waals surface area (Å²) in [5, 5.41) is 9.60. The molecule has 0 saturated carbocycles. The maximum atomic E-state index is 13.2. The Bertz CT molecular complexity index is 928. The molecule has 0 radical (unpaired) electrons. The van der Waals surface area contributed by atoms with E-state index in [2.05, 4.69) is 0 Å². The van der Waals surface area contributed by atoms with Crippen LogP contribution in [0.25, 0.3) is 0 Å². The molecule has 8 heteroatoms. The monoisotopic (exact) mass is 401 g/mol. The average molecular weight is 402 g/mol. The second-order valence-corrected chi connectivity index (χ2v) is 8.24. The molecule has 134 valence electrons. The number of aryl methyl sites for hydroxylation is 1. The number of carboxylic acids is 1. The van der Waals surface area contributed by atoms with Crippen molar-refractivity contribution in [2.75, 3.05) is 4.31 Å². The minimum Gasteiger partial charge on any atom is -0.480 e. The predicted molar refractivity (Wildman–Crippen MR) is 99.1 cm³/mol. The van der Waals surface area contributed by atoms with Gasteiger partial charge in [-0.25, -0.2) is 13.2 Å². The van der Waals surface area contributed by atoms with Crippen LogP contribution in [0, 0.1) is 13.8 Å². The van der Waals surface area contributed by atoms with Crippen molar-refractivity contribution in [2.24, 2.45) is 0 Å². The number of sulfonamides is 1. The molecule has 25 heavy (non-hydrogen) atoms. The van der Waals surface area contributed by atoms with E-state index < -0.39 is 22.0 Å². The van der Waals surface area contributed by atoms with Crippen LogP contribution in [0.4, 0.5) is 5.69 Å². The van der Waals surface area contributed by atoms with Gasteiger partial charge in [0.2, 0.25) is 0 Å². The minimum absolute atomic E-state index is 0.0303. The van der Waals surface area contributed by atoms with E-state index >= 15 is 0 Å². The highest BCUT2D eigenvalue weighted by Crippen LogP contribution is 2.34. The molecule has 0 saturated heterocycles. The molecule has 0 bridgehead atoms. The van der Waals surface area contributed by atoms with Crippen LogP contribution in [-0.4, -0.2) is 25.5 Å². The van der Waals surface area contributed by atoms with Crippen molar-refractivity contribution in [3.63, 3.8) is 0 Å². The number of aliphatic carboxylic acids is 1. The maximum absolute atomic E-state index is 13.2. The largest absolute Gasteiger partial charge is 0.480 e. The van der Waals surface area contributed by atoms with Crippen LogP contribution in [0.1, 0.15) is 18.1 Å². The molecular weight excluding hydrogens is 385 g/mol. The summed E-state index contributed by atoms with van der Waals surface area (Å²) in [6, 6.07) is 7.77. The third kappa shape index (κ3) is 3.76. The van der Waals surface area contributed by atoms with E-state index in [0.29, 0.717) is 5.56 Å². The Kier molecular flexibility index (Phi) is 5.66. The summed E-state index contributed by atoms with van der Waals surface area (Å²) >= 11 is 12.0. The number of anilines is 1. The van der Waals surface area contributed by atoms with Crippen molar-refractivity contribution >= 4 is 44.9 Å². The number of rotatable bonds is 5. The molecule has 0 aromatic heterocycles. The van der Waals surface area contributed by atoms with Crippen molar-refractivity contribution in [1.82, 2.24) is 0 Å². The molecule has 5 nitrogen and oxygen atoms in total. The Morgan fingerprint density at radius 1 is 1.16 bits per heavy atom. The third-order valence-electron chi connectivity index (χ3n) is 3.95. The lowest BCUT2D eigenvalue weighted by Gasteiger charge is -2.30. The lowest BCUT2D eigenvalue weighted by atomic mass is 10.1. The van der Waals surface area contributed by atoms with Crippen LogP contribution >= 0.6 is 23.2 Å². The molecule has 0 aliphatic rings. The zero-order valence-electron chi connectivity index (χ0n) is 13.8. The molecule has 2 aromatic rings. The third-order valence-corrected chi connectivity index (χ3v) is 6.55. The van der Waals surface area contributed by atoms with Crippen molar-refractivity contribution in [3.8, 4) is 0 Å². The fraction of sp³-hybridized carbons (Fsp3) is 0.235. The molecule has 0 aliphatic carbocycles. The van der Waals surface area contributed by atoms with E-state index in [4.69, 9.17) is 23.2 Å². The highest BCUT2D eigenvalue weighted by molar-refractivity contribution is 7.93. The highest BCUT2D eigenvalue weighted by Gasteiger charge is 2.35. The van der Waals surface area contributed by atoms with Gasteiger partial charge in [0.25, 0.3) is 10.0 Å². The molecular formula is C17H17Cl2NO4S. The van der Waals surface area contributed by atoms with E-state index in [0.717, 1.165) is 9.87 Å². The summed E-state index contributed by atoms with van der Waals surface area (Å²) in [6.45, 7) is 4.86. The Labute approximate surface area is 156 Å². The second kappa shape index (κ2) is 7.23. The first-order valence-electron chi connectivity index (χ1n) is 7.36. The summed E-state index contributed by atoms with van der Waals surface area (Å²) in [5.74, 6) is -1.28. The smallest absolute Gasteiger partial charge is 0.327 e. The Hall–Kier alpha value is -1.76. The van der Waals surface area contributed by atoms with Crippen LogP contribution in [0.15, 0.2) is 41.3 Å². The highest BCUT2D eigenvalue weighted by atomic mass is 35.5. The normalized spacial score (nSPS) is 12.7. The molecule has 2 aromatic carbocycles. The van der Waals surface area contributed by atoms with Crippen LogP contribution < -0.4 is 4.31 Å². The molecule has 0 amide bonds. The SMILES string of the molecule is Cc1cccc(N(C(C)C(=O)O)S(=O)(=O)c2cc(Cl)ccc2Cl)c1C. The summed E-state index contributed by atoms with van der Waals surface area (Å²) in [7, 11) is -4.25. The summed E-state index contributed by atoms with van der Waals surface area (Å²) < 4.78 is 27.3. The van der Waals surface area contributed by atoms with Gasteiger partial charge in [-0.1, -0.05) is 35.3 Å². The number of carboxylic acid groups (broad SMARTS) is 1. The standard InChI is InChI=1S/C17H17Cl2NO4S/c1-10-5-4-6-15(11(10)2)20(12(3)17(21)22)25(23,24)16-9-13(18)7-8-14(16)19/h4-9,12H,1-3H3,(H,21,22). The Morgan fingerprint density at radius 3 is 2.40 bits per heavy atom. The van der Waals surface area contributed by atoms with Gasteiger partial charge in [-0.3, -0.25) is 4.31 Å². The van der Waals surface area contributed by atoms with Gasteiger partial charge in [0.05, 0.1) is 10.7 Å².